The number of aromatic nitrogens is 1. The minimum absolute atomic E-state index is 0.0547. The second-order valence-corrected chi connectivity index (χ2v) is 4.18. The van der Waals surface area contributed by atoms with Crippen LogP contribution in [0.5, 0.6) is 0 Å². The molecule has 2 rings (SSSR count). The molecular weight excluding hydrogens is 246 g/mol. The lowest BCUT2D eigenvalue weighted by molar-refractivity contribution is -0.112. The number of anilines is 1. The number of carbonyl (C=O) groups is 1. The molecule has 5 heteroatoms. The molecule has 0 saturated carbocycles. The van der Waals surface area contributed by atoms with Crippen LogP contribution in [0.15, 0.2) is 46.8 Å². The SMILES string of the molecule is N#CC(=Cc1ccsc1)C(=O)Nc1ccccn1. The van der Waals surface area contributed by atoms with E-state index in [1.54, 1.807) is 30.5 Å². The first-order chi connectivity index (χ1) is 8.79. The second kappa shape index (κ2) is 5.75. The van der Waals surface area contributed by atoms with Crippen LogP contribution < -0.4 is 5.32 Å². The molecule has 0 radical (unpaired) electrons. The van der Waals surface area contributed by atoms with Crippen molar-refractivity contribution in [3.63, 3.8) is 0 Å². The van der Waals surface area contributed by atoms with Crippen molar-refractivity contribution in [2.75, 3.05) is 5.32 Å². The van der Waals surface area contributed by atoms with Crippen molar-refractivity contribution in [2.24, 2.45) is 0 Å². The van der Waals surface area contributed by atoms with Crippen molar-refractivity contribution >= 4 is 29.1 Å². The highest BCUT2D eigenvalue weighted by molar-refractivity contribution is 7.08. The van der Waals surface area contributed by atoms with Crippen LogP contribution in [0.1, 0.15) is 5.56 Å². The summed E-state index contributed by atoms with van der Waals surface area (Å²) in [5, 5.41) is 15.3. The molecule has 2 aromatic rings. The van der Waals surface area contributed by atoms with Crippen molar-refractivity contribution in [3.8, 4) is 6.07 Å². The predicted molar refractivity (Wildman–Crippen MR) is 70.8 cm³/mol. The minimum Gasteiger partial charge on any atom is -0.306 e. The number of nitrogens with zero attached hydrogens (tertiary/aromatic N) is 2. The van der Waals surface area contributed by atoms with Crippen molar-refractivity contribution < 1.29 is 4.79 Å². The molecule has 0 bridgehead atoms. The van der Waals surface area contributed by atoms with Gasteiger partial charge in [0.2, 0.25) is 0 Å². The Morgan fingerprint density at radius 1 is 1.44 bits per heavy atom. The van der Waals surface area contributed by atoms with E-state index in [4.69, 9.17) is 5.26 Å². The normalized spacial score (nSPS) is 10.7. The quantitative estimate of drug-likeness (QED) is 0.677. The zero-order chi connectivity index (χ0) is 12.8. The van der Waals surface area contributed by atoms with Gasteiger partial charge in [-0.15, -0.1) is 0 Å². The predicted octanol–water partition coefficient (Wildman–Crippen LogP) is 2.69. The van der Waals surface area contributed by atoms with Gasteiger partial charge in [-0.3, -0.25) is 4.79 Å². The van der Waals surface area contributed by atoms with Gasteiger partial charge in [-0.25, -0.2) is 4.98 Å². The van der Waals surface area contributed by atoms with Crippen LogP contribution in [-0.4, -0.2) is 10.9 Å². The van der Waals surface area contributed by atoms with E-state index in [0.29, 0.717) is 5.82 Å². The minimum atomic E-state index is -0.456. The van der Waals surface area contributed by atoms with E-state index < -0.39 is 5.91 Å². The smallest absolute Gasteiger partial charge is 0.267 e. The van der Waals surface area contributed by atoms with Crippen LogP contribution in [-0.2, 0) is 4.79 Å². The summed E-state index contributed by atoms with van der Waals surface area (Å²) in [5.41, 5.74) is 0.895. The lowest BCUT2D eigenvalue weighted by Gasteiger charge is -2.01. The third-order valence-electron chi connectivity index (χ3n) is 2.13. The van der Waals surface area contributed by atoms with Gasteiger partial charge in [0.1, 0.15) is 17.5 Å². The van der Waals surface area contributed by atoms with Gasteiger partial charge >= 0.3 is 0 Å². The summed E-state index contributed by atoms with van der Waals surface area (Å²) in [6.45, 7) is 0. The summed E-state index contributed by atoms with van der Waals surface area (Å²) in [4.78, 5) is 15.8. The Hall–Kier alpha value is -2.45. The highest BCUT2D eigenvalue weighted by Gasteiger charge is 2.09. The zero-order valence-electron chi connectivity index (χ0n) is 9.33. The largest absolute Gasteiger partial charge is 0.306 e. The van der Waals surface area contributed by atoms with Crippen LogP contribution in [0, 0.1) is 11.3 Å². The molecule has 2 aromatic heterocycles. The number of amides is 1. The van der Waals surface area contributed by atoms with E-state index in [-0.39, 0.29) is 5.57 Å². The van der Waals surface area contributed by atoms with Gasteiger partial charge in [0.15, 0.2) is 0 Å². The molecule has 88 valence electrons. The number of thiophene rings is 1. The van der Waals surface area contributed by atoms with E-state index >= 15 is 0 Å². The van der Waals surface area contributed by atoms with Gasteiger partial charge in [0, 0.05) is 6.20 Å². The second-order valence-electron chi connectivity index (χ2n) is 3.40. The first kappa shape index (κ1) is 12.0. The highest BCUT2D eigenvalue weighted by atomic mass is 32.1. The molecule has 18 heavy (non-hydrogen) atoms. The third kappa shape index (κ3) is 3.03. The third-order valence-corrected chi connectivity index (χ3v) is 2.83. The lowest BCUT2D eigenvalue weighted by Crippen LogP contribution is -2.14. The number of carbonyl (C=O) groups excluding carboxylic acids is 1. The fraction of sp³-hybridized carbons (Fsp3) is 0. The summed E-state index contributed by atoms with van der Waals surface area (Å²) < 4.78 is 0. The number of pyridine rings is 1. The summed E-state index contributed by atoms with van der Waals surface area (Å²) >= 11 is 1.51. The molecule has 0 unspecified atom stereocenters. The molecule has 0 aliphatic rings. The Morgan fingerprint density at radius 3 is 2.94 bits per heavy atom. The Labute approximate surface area is 108 Å². The summed E-state index contributed by atoms with van der Waals surface area (Å²) in [6.07, 6.45) is 3.12. The molecule has 0 spiro atoms. The van der Waals surface area contributed by atoms with Crippen LogP contribution >= 0.6 is 11.3 Å². The Morgan fingerprint density at radius 2 is 2.33 bits per heavy atom. The molecule has 0 fully saturated rings. The standard InChI is InChI=1S/C13H9N3OS/c14-8-11(7-10-4-6-18-9-10)13(17)16-12-3-1-2-5-15-12/h1-7,9H,(H,15,16,17). The molecule has 1 N–H and O–H groups in total. The maximum absolute atomic E-state index is 11.8. The van der Waals surface area contributed by atoms with Gasteiger partial charge in [-0.2, -0.15) is 16.6 Å². The Bertz CT molecular complexity index is 597. The average Bonchev–Trinajstić information content (AvgIpc) is 2.90. The van der Waals surface area contributed by atoms with Gasteiger partial charge < -0.3 is 5.32 Å². The van der Waals surface area contributed by atoms with Crippen molar-refractivity contribution in [3.05, 3.63) is 52.4 Å². The molecule has 0 atom stereocenters. The van der Waals surface area contributed by atoms with Crippen LogP contribution in [0.25, 0.3) is 6.08 Å². The fourth-order valence-corrected chi connectivity index (χ4v) is 1.91. The molecule has 0 aliphatic heterocycles. The number of hydrogen-bond acceptors (Lipinski definition) is 4. The van der Waals surface area contributed by atoms with Gasteiger partial charge in [-0.05, 0) is 40.6 Å². The summed E-state index contributed by atoms with van der Waals surface area (Å²) in [5.74, 6) is -0.0311. The monoisotopic (exact) mass is 255 g/mol. The number of hydrogen-bond donors (Lipinski definition) is 1. The lowest BCUT2D eigenvalue weighted by atomic mass is 10.2. The van der Waals surface area contributed by atoms with E-state index in [1.165, 1.54) is 11.3 Å². The molecule has 1 amide bonds. The summed E-state index contributed by atoms with van der Waals surface area (Å²) in [6, 6.07) is 8.91. The number of nitrogens with one attached hydrogen (secondary N) is 1. The van der Waals surface area contributed by atoms with Crippen LogP contribution in [0.3, 0.4) is 0 Å². The van der Waals surface area contributed by atoms with Gasteiger partial charge in [0.05, 0.1) is 0 Å². The Kier molecular flexibility index (Phi) is 3.84. The average molecular weight is 255 g/mol. The molecule has 0 aromatic carbocycles. The maximum Gasteiger partial charge on any atom is 0.267 e. The fourth-order valence-electron chi connectivity index (χ4n) is 1.29. The van der Waals surface area contributed by atoms with Gasteiger partial charge in [0.25, 0.3) is 5.91 Å². The van der Waals surface area contributed by atoms with Gasteiger partial charge in [-0.1, -0.05) is 6.07 Å². The van der Waals surface area contributed by atoms with Crippen molar-refractivity contribution in [1.82, 2.24) is 4.98 Å². The molecular formula is C13H9N3OS. The summed E-state index contributed by atoms with van der Waals surface area (Å²) in [7, 11) is 0. The zero-order valence-corrected chi connectivity index (χ0v) is 10.1. The van der Waals surface area contributed by atoms with E-state index in [1.807, 2.05) is 22.9 Å². The van der Waals surface area contributed by atoms with Crippen molar-refractivity contribution in [1.29, 1.82) is 5.26 Å². The first-order valence-electron chi connectivity index (χ1n) is 5.16. The van der Waals surface area contributed by atoms with E-state index in [0.717, 1.165) is 5.56 Å². The maximum atomic E-state index is 11.8. The van der Waals surface area contributed by atoms with Crippen LogP contribution in [0.2, 0.25) is 0 Å². The molecule has 0 aliphatic carbocycles. The number of nitriles is 1. The van der Waals surface area contributed by atoms with E-state index in [2.05, 4.69) is 10.3 Å². The van der Waals surface area contributed by atoms with Crippen LogP contribution in [0.4, 0.5) is 5.82 Å². The molecule has 4 nitrogen and oxygen atoms in total. The molecule has 0 saturated heterocycles. The topological polar surface area (TPSA) is 65.8 Å². The van der Waals surface area contributed by atoms with Crippen molar-refractivity contribution in [2.45, 2.75) is 0 Å². The van der Waals surface area contributed by atoms with E-state index in [9.17, 15) is 4.79 Å². The molecule has 2 heterocycles. The first-order valence-corrected chi connectivity index (χ1v) is 6.10. The number of rotatable bonds is 3. The highest BCUT2D eigenvalue weighted by Crippen LogP contribution is 2.12. The Balaban J connectivity index is 2.15.